The van der Waals surface area contributed by atoms with Gasteiger partial charge in [0.05, 0.1) is 5.56 Å². The van der Waals surface area contributed by atoms with Gasteiger partial charge in [-0.2, -0.15) is 0 Å². The molecule has 3 rings (SSSR count). The second-order valence-corrected chi connectivity index (χ2v) is 4.83. The van der Waals surface area contributed by atoms with Gasteiger partial charge in [-0.05, 0) is 18.2 Å². The van der Waals surface area contributed by atoms with E-state index < -0.39 is 24.2 Å². The lowest BCUT2D eigenvalue weighted by atomic mass is 10.0. The lowest BCUT2D eigenvalue weighted by molar-refractivity contribution is 0.0202. The fraction of sp³-hybridized carbons (Fsp3) is 0.188. The number of carbonyl (C=O) groups excluding carboxylic acids is 2. The van der Waals surface area contributed by atoms with Crippen molar-refractivity contribution in [1.29, 1.82) is 0 Å². The average molecular weight is 298 g/mol. The van der Waals surface area contributed by atoms with Crippen LogP contribution >= 0.6 is 0 Å². The minimum Gasteiger partial charge on any atom is -0.451 e. The summed E-state index contributed by atoms with van der Waals surface area (Å²) in [4.78, 5) is 27.6. The molecular formula is C16H14N2O4. The zero-order valence-electron chi connectivity index (χ0n) is 11.6. The fourth-order valence-electron chi connectivity index (χ4n) is 2.25. The molecule has 112 valence electrons. The molecule has 0 saturated carbocycles. The lowest BCUT2D eigenvalue weighted by Gasteiger charge is -2.22. The van der Waals surface area contributed by atoms with E-state index in [1.807, 2.05) is 6.07 Å². The van der Waals surface area contributed by atoms with Gasteiger partial charge in [0.2, 0.25) is 0 Å². The Morgan fingerprint density at radius 3 is 2.73 bits per heavy atom. The molecule has 1 aromatic heterocycles. The van der Waals surface area contributed by atoms with Crippen LogP contribution < -0.4 is 5.32 Å². The highest BCUT2D eigenvalue weighted by Gasteiger charge is 2.34. The van der Waals surface area contributed by atoms with Gasteiger partial charge < -0.3 is 14.8 Å². The van der Waals surface area contributed by atoms with Gasteiger partial charge >= 0.3 is 12.1 Å². The van der Waals surface area contributed by atoms with Gasteiger partial charge in [-0.1, -0.05) is 24.3 Å². The number of rotatable bonds is 4. The van der Waals surface area contributed by atoms with E-state index in [4.69, 9.17) is 9.47 Å². The highest BCUT2D eigenvalue weighted by atomic mass is 16.6. The van der Waals surface area contributed by atoms with Crippen LogP contribution in [0, 0.1) is 0 Å². The molecular weight excluding hydrogens is 284 g/mol. The molecule has 2 atom stereocenters. The third-order valence-corrected chi connectivity index (χ3v) is 3.32. The van der Waals surface area contributed by atoms with E-state index in [0.717, 1.165) is 0 Å². The van der Waals surface area contributed by atoms with Gasteiger partial charge in [0.15, 0.2) is 6.10 Å². The number of nitrogens with one attached hydrogen (secondary N) is 1. The number of cyclic esters (lactones) is 1. The van der Waals surface area contributed by atoms with Crippen molar-refractivity contribution in [3.63, 3.8) is 0 Å². The maximum Gasteiger partial charge on any atom is 0.407 e. The van der Waals surface area contributed by atoms with Crippen molar-refractivity contribution >= 4 is 12.1 Å². The van der Waals surface area contributed by atoms with Gasteiger partial charge in [0.25, 0.3) is 0 Å². The van der Waals surface area contributed by atoms with Gasteiger partial charge in [-0.25, -0.2) is 9.59 Å². The summed E-state index contributed by atoms with van der Waals surface area (Å²) in [5, 5.41) is 2.64. The SMILES string of the molecule is O=C1N[C@@H]([C@@H](OC(=O)c2ccccc2)c2cccnc2)CO1. The molecule has 2 aromatic rings. The Labute approximate surface area is 127 Å². The van der Waals surface area contributed by atoms with Crippen molar-refractivity contribution in [2.75, 3.05) is 6.61 Å². The molecule has 1 saturated heterocycles. The summed E-state index contributed by atoms with van der Waals surface area (Å²) < 4.78 is 10.5. The Bertz CT molecular complexity index is 660. The van der Waals surface area contributed by atoms with Gasteiger partial charge in [-0.3, -0.25) is 4.98 Å². The van der Waals surface area contributed by atoms with Crippen LogP contribution in [0.3, 0.4) is 0 Å². The van der Waals surface area contributed by atoms with Gasteiger partial charge in [-0.15, -0.1) is 0 Å². The lowest BCUT2D eigenvalue weighted by Crippen LogP contribution is -2.35. The van der Waals surface area contributed by atoms with Crippen LogP contribution in [-0.2, 0) is 9.47 Å². The minimum absolute atomic E-state index is 0.139. The number of aromatic nitrogens is 1. The molecule has 0 unspecified atom stereocenters. The molecule has 22 heavy (non-hydrogen) atoms. The predicted molar refractivity (Wildman–Crippen MR) is 77.1 cm³/mol. The quantitative estimate of drug-likeness (QED) is 0.874. The largest absolute Gasteiger partial charge is 0.451 e. The van der Waals surface area contributed by atoms with Crippen LogP contribution in [0.1, 0.15) is 22.0 Å². The number of carbonyl (C=O) groups is 2. The van der Waals surface area contributed by atoms with Crippen LogP contribution in [0.4, 0.5) is 4.79 Å². The van der Waals surface area contributed by atoms with E-state index >= 15 is 0 Å². The number of alkyl carbamates (subject to hydrolysis) is 1. The van der Waals surface area contributed by atoms with Crippen LogP contribution in [-0.4, -0.2) is 29.7 Å². The predicted octanol–water partition coefficient (Wildman–Crippen LogP) is 2.09. The molecule has 0 aliphatic carbocycles. The van der Waals surface area contributed by atoms with E-state index in [9.17, 15) is 9.59 Å². The smallest absolute Gasteiger partial charge is 0.407 e. The van der Waals surface area contributed by atoms with Crippen molar-refractivity contribution in [3.8, 4) is 0 Å². The molecule has 0 spiro atoms. The van der Waals surface area contributed by atoms with Gasteiger partial charge in [0.1, 0.15) is 12.6 Å². The summed E-state index contributed by atoms with van der Waals surface area (Å²) in [5.41, 5.74) is 1.14. The molecule has 0 radical (unpaired) electrons. The van der Waals surface area contributed by atoms with Crippen molar-refractivity contribution in [1.82, 2.24) is 10.3 Å². The van der Waals surface area contributed by atoms with Crippen molar-refractivity contribution in [2.45, 2.75) is 12.1 Å². The molecule has 1 aliphatic heterocycles. The summed E-state index contributed by atoms with van der Waals surface area (Å²) in [6.45, 7) is 0.139. The van der Waals surface area contributed by atoms with Crippen molar-refractivity contribution in [2.24, 2.45) is 0 Å². The minimum atomic E-state index is -0.659. The second kappa shape index (κ2) is 6.26. The van der Waals surface area contributed by atoms with E-state index in [0.29, 0.717) is 11.1 Å². The summed E-state index contributed by atoms with van der Waals surface area (Å²) >= 11 is 0. The number of benzene rings is 1. The molecule has 1 fully saturated rings. The van der Waals surface area contributed by atoms with Gasteiger partial charge in [0, 0.05) is 18.0 Å². The molecule has 1 amide bonds. The second-order valence-electron chi connectivity index (χ2n) is 4.83. The maximum absolute atomic E-state index is 12.3. The van der Waals surface area contributed by atoms with Crippen molar-refractivity contribution in [3.05, 3.63) is 66.0 Å². The summed E-state index contributed by atoms with van der Waals surface area (Å²) in [7, 11) is 0. The van der Waals surface area contributed by atoms with Crippen LogP contribution in [0.25, 0.3) is 0 Å². The highest BCUT2D eigenvalue weighted by Crippen LogP contribution is 2.24. The fourth-order valence-corrected chi connectivity index (χ4v) is 2.25. The first-order valence-corrected chi connectivity index (χ1v) is 6.83. The van der Waals surface area contributed by atoms with E-state index in [1.165, 1.54) is 0 Å². The molecule has 2 heterocycles. The number of ether oxygens (including phenoxy) is 2. The number of hydrogen-bond donors (Lipinski definition) is 1. The number of pyridine rings is 1. The standard InChI is InChI=1S/C16H14N2O4/c19-15(11-5-2-1-3-6-11)22-14(12-7-4-8-17-9-12)13-10-21-16(20)18-13/h1-9,13-14H,10H2,(H,18,20)/t13-,14+/m1/s1. The topological polar surface area (TPSA) is 77.5 Å². The first-order chi connectivity index (χ1) is 10.7. The maximum atomic E-state index is 12.3. The Kier molecular flexibility index (Phi) is 4.00. The first-order valence-electron chi connectivity index (χ1n) is 6.83. The zero-order chi connectivity index (χ0) is 15.4. The molecule has 0 bridgehead atoms. The Balaban J connectivity index is 1.83. The van der Waals surface area contributed by atoms with Crippen LogP contribution in [0.5, 0.6) is 0 Å². The number of esters is 1. The third kappa shape index (κ3) is 3.06. The number of amides is 1. The summed E-state index contributed by atoms with van der Waals surface area (Å²) in [6, 6.07) is 11.8. The van der Waals surface area contributed by atoms with E-state index in [2.05, 4.69) is 10.3 Å². The average Bonchev–Trinajstić information content (AvgIpc) is 3.00. The monoisotopic (exact) mass is 298 g/mol. The summed E-state index contributed by atoms with van der Waals surface area (Å²) in [5.74, 6) is -0.462. The van der Waals surface area contributed by atoms with E-state index in [1.54, 1.807) is 48.8 Å². The molecule has 1 aliphatic rings. The Hall–Kier alpha value is -2.89. The van der Waals surface area contributed by atoms with E-state index in [-0.39, 0.29) is 6.61 Å². The van der Waals surface area contributed by atoms with Crippen LogP contribution in [0.2, 0.25) is 0 Å². The Morgan fingerprint density at radius 1 is 1.27 bits per heavy atom. The number of nitrogens with zero attached hydrogens (tertiary/aromatic N) is 1. The third-order valence-electron chi connectivity index (χ3n) is 3.32. The first kappa shape index (κ1) is 14.1. The Morgan fingerprint density at radius 2 is 2.09 bits per heavy atom. The molecule has 1 aromatic carbocycles. The number of hydrogen-bond acceptors (Lipinski definition) is 5. The van der Waals surface area contributed by atoms with Crippen molar-refractivity contribution < 1.29 is 19.1 Å². The zero-order valence-corrected chi connectivity index (χ0v) is 11.6. The molecule has 6 heteroatoms. The van der Waals surface area contributed by atoms with Crippen LogP contribution in [0.15, 0.2) is 54.9 Å². The molecule has 1 N–H and O–H groups in total. The summed E-state index contributed by atoms with van der Waals surface area (Å²) in [6.07, 6.45) is 2.05. The molecule has 6 nitrogen and oxygen atoms in total. The highest BCUT2D eigenvalue weighted by molar-refractivity contribution is 5.89. The normalized spacial score (nSPS) is 18.2.